The molecule has 0 saturated heterocycles. The first-order valence-electron chi connectivity index (χ1n) is 12.3. The number of para-hydroxylation sites is 1. The van der Waals surface area contributed by atoms with E-state index in [4.69, 9.17) is 4.74 Å². The lowest BCUT2D eigenvalue weighted by Gasteiger charge is -2.20. The minimum Gasteiger partial charge on any atom is -0.497 e. The minimum atomic E-state index is -0.154. The average Bonchev–Trinajstić information content (AvgIpc) is 3.31. The summed E-state index contributed by atoms with van der Waals surface area (Å²) in [5.41, 5.74) is 4.22. The lowest BCUT2D eigenvalue weighted by Crippen LogP contribution is -2.20. The van der Waals surface area contributed by atoms with Gasteiger partial charge in [-0.2, -0.15) is 0 Å². The topological polar surface area (TPSA) is 57.0 Å². The van der Waals surface area contributed by atoms with E-state index in [0.717, 1.165) is 28.4 Å². The van der Waals surface area contributed by atoms with E-state index < -0.39 is 0 Å². The third kappa shape index (κ3) is 5.54. The number of hydrogen-bond acceptors (Lipinski definition) is 5. The van der Waals surface area contributed by atoms with Crippen LogP contribution in [0.25, 0.3) is 17.1 Å². The van der Waals surface area contributed by atoms with Gasteiger partial charge in [0, 0.05) is 11.5 Å². The van der Waals surface area contributed by atoms with Crippen LogP contribution in [0.5, 0.6) is 5.75 Å². The number of methoxy groups -OCH3 is 1. The standard InChI is InChI=1S/C30H33N3O2S/c1-20(2)25-13-9-10-14-26(25)33-29(23-15-17-24(35-5)18-16-23)31-32-30(33)36-19-27(34)28(21(3)4)22-11-7-6-8-12-22/h6-18,20-21,28H,19H2,1-5H3/t28-/m1/s1. The van der Waals surface area contributed by atoms with Gasteiger partial charge in [0.15, 0.2) is 16.8 Å². The smallest absolute Gasteiger partial charge is 0.196 e. The van der Waals surface area contributed by atoms with Crippen molar-refractivity contribution < 1.29 is 9.53 Å². The van der Waals surface area contributed by atoms with Gasteiger partial charge in [-0.25, -0.2) is 0 Å². The number of hydrogen-bond donors (Lipinski definition) is 0. The number of nitrogens with zero attached hydrogens (tertiary/aromatic N) is 3. The first-order valence-corrected chi connectivity index (χ1v) is 13.3. The highest BCUT2D eigenvalue weighted by Gasteiger charge is 2.26. The predicted octanol–water partition coefficient (Wildman–Crippen LogP) is 7.17. The monoisotopic (exact) mass is 499 g/mol. The molecule has 186 valence electrons. The Morgan fingerprint density at radius 3 is 2.19 bits per heavy atom. The van der Waals surface area contributed by atoms with Gasteiger partial charge in [-0.3, -0.25) is 9.36 Å². The maximum Gasteiger partial charge on any atom is 0.196 e. The third-order valence-electron chi connectivity index (χ3n) is 6.30. The zero-order chi connectivity index (χ0) is 25.7. The summed E-state index contributed by atoms with van der Waals surface area (Å²) in [6.45, 7) is 8.56. The van der Waals surface area contributed by atoms with E-state index in [1.54, 1.807) is 7.11 Å². The van der Waals surface area contributed by atoms with Gasteiger partial charge in [0.2, 0.25) is 0 Å². The molecule has 0 bridgehead atoms. The van der Waals surface area contributed by atoms with Gasteiger partial charge in [0.25, 0.3) is 0 Å². The average molecular weight is 500 g/mol. The fraction of sp³-hybridized carbons (Fsp3) is 0.300. The Morgan fingerprint density at radius 1 is 0.889 bits per heavy atom. The zero-order valence-electron chi connectivity index (χ0n) is 21.5. The minimum absolute atomic E-state index is 0.154. The van der Waals surface area contributed by atoms with Crippen molar-refractivity contribution in [2.24, 2.45) is 5.92 Å². The molecule has 0 spiro atoms. The van der Waals surface area contributed by atoms with Crippen LogP contribution in [-0.4, -0.2) is 33.4 Å². The Morgan fingerprint density at radius 2 is 1.56 bits per heavy atom. The molecule has 0 N–H and O–H groups in total. The van der Waals surface area contributed by atoms with E-state index in [0.29, 0.717) is 16.8 Å². The second-order valence-electron chi connectivity index (χ2n) is 9.47. The molecule has 0 aliphatic rings. The van der Waals surface area contributed by atoms with Crippen molar-refractivity contribution in [2.45, 2.75) is 44.7 Å². The first-order chi connectivity index (χ1) is 17.4. The van der Waals surface area contributed by atoms with Crippen LogP contribution < -0.4 is 4.74 Å². The lowest BCUT2D eigenvalue weighted by molar-refractivity contribution is -0.118. The molecule has 0 amide bonds. The largest absolute Gasteiger partial charge is 0.497 e. The quantitative estimate of drug-likeness (QED) is 0.217. The highest BCUT2D eigenvalue weighted by atomic mass is 32.2. The van der Waals surface area contributed by atoms with Crippen LogP contribution in [0.2, 0.25) is 0 Å². The van der Waals surface area contributed by atoms with Crippen molar-refractivity contribution in [2.75, 3.05) is 12.9 Å². The molecule has 0 unspecified atom stereocenters. The molecule has 5 nitrogen and oxygen atoms in total. The van der Waals surface area contributed by atoms with Crippen molar-refractivity contribution in [1.82, 2.24) is 14.8 Å². The molecule has 0 radical (unpaired) electrons. The number of aromatic nitrogens is 3. The Hall–Kier alpha value is -3.38. The van der Waals surface area contributed by atoms with E-state index in [9.17, 15) is 4.79 Å². The number of carbonyl (C=O) groups excluding carboxylic acids is 1. The molecular formula is C30H33N3O2S. The van der Waals surface area contributed by atoms with Crippen molar-refractivity contribution in [3.8, 4) is 22.8 Å². The summed E-state index contributed by atoms with van der Waals surface area (Å²) in [7, 11) is 1.65. The summed E-state index contributed by atoms with van der Waals surface area (Å²) in [6.07, 6.45) is 0. The second-order valence-corrected chi connectivity index (χ2v) is 10.4. The normalized spacial score (nSPS) is 12.2. The summed E-state index contributed by atoms with van der Waals surface area (Å²) in [6, 6.07) is 26.2. The van der Waals surface area contributed by atoms with Crippen LogP contribution in [0.1, 0.15) is 50.7 Å². The van der Waals surface area contributed by atoms with Crippen molar-refractivity contribution in [3.63, 3.8) is 0 Å². The van der Waals surface area contributed by atoms with Crippen molar-refractivity contribution >= 4 is 17.5 Å². The molecule has 1 atom stereocenters. The van der Waals surface area contributed by atoms with E-state index in [1.165, 1.54) is 17.3 Å². The molecule has 6 heteroatoms. The van der Waals surface area contributed by atoms with Crippen LogP contribution >= 0.6 is 11.8 Å². The first kappa shape index (κ1) is 25.7. The Bertz CT molecular complexity index is 1300. The highest BCUT2D eigenvalue weighted by molar-refractivity contribution is 7.99. The molecule has 4 aromatic rings. The maximum atomic E-state index is 13.4. The van der Waals surface area contributed by atoms with Crippen LogP contribution in [0.15, 0.2) is 84.0 Å². The number of ketones is 1. The van der Waals surface area contributed by atoms with Crippen LogP contribution in [0, 0.1) is 5.92 Å². The summed E-state index contributed by atoms with van der Waals surface area (Å²) in [5, 5.41) is 9.83. The van der Waals surface area contributed by atoms with Gasteiger partial charge in [-0.1, -0.05) is 88.0 Å². The molecular weight excluding hydrogens is 466 g/mol. The Labute approximate surface area is 217 Å². The van der Waals surface area contributed by atoms with Gasteiger partial charge in [0.05, 0.1) is 18.6 Å². The molecule has 0 aliphatic heterocycles. The van der Waals surface area contributed by atoms with Crippen molar-refractivity contribution in [1.29, 1.82) is 0 Å². The van der Waals surface area contributed by atoms with Crippen LogP contribution in [0.3, 0.4) is 0 Å². The SMILES string of the molecule is COc1ccc(-c2nnc(SCC(=O)[C@@H](c3ccccc3)C(C)C)n2-c2ccccc2C(C)C)cc1. The van der Waals surface area contributed by atoms with E-state index in [1.807, 2.05) is 60.7 Å². The Balaban J connectivity index is 1.72. The number of carbonyl (C=O) groups is 1. The number of ether oxygens (including phenoxy) is 1. The number of Topliss-reactive ketones (excluding diaryl/α,β-unsaturated/α-hetero) is 1. The van der Waals surface area contributed by atoms with Crippen LogP contribution in [-0.2, 0) is 4.79 Å². The van der Waals surface area contributed by atoms with Gasteiger partial charge < -0.3 is 4.74 Å². The fourth-order valence-corrected chi connectivity index (χ4v) is 5.38. The van der Waals surface area contributed by atoms with E-state index >= 15 is 0 Å². The Kier molecular flexibility index (Phi) is 8.26. The number of rotatable bonds is 10. The van der Waals surface area contributed by atoms with Gasteiger partial charge in [-0.05, 0) is 53.3 Å². The molecule has 36 heavy (non-hydrogen) atoms. The zero-order valence-corrected chi connectivity index (χ0v) is 22.3. The molecule has 1 heterocycles. The molecule has 0 fully saturated rings. The summed E-state index contributed by atoms with van der Waals surface area (Å²) in [4.78, 5) is 13.4. The lowest BCUT2D eigenvalue weighted by atomic mass is 9.85. The van der Waals surface area contributed by atoms with Gasteiger partial charge >= 0.3 is 0 Å². The summed E-state index contributed by atoms with van der Waals surface area (Å²) < 4.78 is 7.42. The van der Waals surface area contributed by atoms with Crippen molar-refractivity contribution in [3.05, 3.63) is 90.0 Å². The maximum absolute atomic E-state index is 13.4. The molecule has 3 aromatic carbocycles. The number of thioether (sulfide) groups is 1. The highest BCUT2D eigenvalue weighted by Crippen LogP contribution is 2.34. The van der Waals surface area contributed by atoms with Gasteiger partial charge in [-0.15, -0.1) is 10.2 Å². The summed E-state index contributed by atoms with van der Waals surface area (Å²) in [5.74, 6) is 2.41. The molecule has 1 aromatic heterocycles. The van der Waals surface area contributed by atoms with Gasteiger partial charge in [0.1, 0.15) is 5.75 Å². The molecule has 0 aliphatic carbocycles. The summed E-state index contributed by atoms with van der Waals surface area (Å²) >= 11 is 1.45. The number of benzene rings is 3. The van der Waals surface area contributed by atoms with E-state index in [-0.39, 0.29) is 17.6 Å². The third-order valence-corrected chi connectivity index (χ3v) is 7.25. The predicted molar refractivity (Wildman–Crippen MR) is 147 cm³/mol. The fourth-order valence-electron chi connectivity index (χ4n) is 4.52. The van der Waals surface area contributed by atoms with E-state index in [2.05, 4.69) is 60.7 Å². The molecule has 4 rings (SSSR count). The molecule has 0 saturated carbocycles. The van der Waals surface area contributed by atoms with Crippen LogP contribution in [0.4, 0.5) is 0 Å². The second kappa shape index (κ2) is 11.6.